The monoisotopic (exact) mass is 341 g/mol. The van der Waals surface area contributed by atoms with E-state index in [0.29, 0.717) is 16.7 Å². The number of hydrogen-bond acceptors (Lipinski definition) is 6. The highest BCUT2D eigenvalue weighted by Gasteiger charge is 2.34. The Kier molecular flexibility index (Phi) is 3.63. The summed E-state index contributed by atoms with van der Waals surface area (Å²) >= 11 is 0. The minimum atomic E-state index is -0.725. The standard InChI is InChI=1S/C18H19N3O4/c1-19-6-8-20(9-7-19)16-11-4-3-5-12-15(11)13(10-14(16)25-2)18(23)21(24)17(12)22/h3-5,10,24H,6-9H2,1-2H3. The quantitative estimate of drug-likeness (QED) is 0.660. The summed E-state index contributed by atoms with van der Waals surface area (Å²) in [5.74, 6) is -0.852. The molecule has 0 aliphatic carbocycles. The van der Waals surface area contributed by atoms with Crippen LogP contribution in [-0.4, -0.2) is 67.3 Å². The number of imide groups is 1. The van der Waals surface area contributed by atoms with Crippen molar-refractivity contribution in [3.63, 3.8) is 0 Å². The van der Waals surface area contributed by atoms with E-state index in [2.05, 4.69) is 16.8 Å². The fourth-order valence-corrected chi connectivity index (χ4v) is 3.62. The van der Waals surface area contributed by atoms with Gasteiger partial charge in [-0.25, -0.2) is 0 Å². The Labute approximate surface area is 144 Å². The average Bonchev–Trinajstić information content (AvgIpc) is 2.64. The van der Waals surface area contributed by atoms with Crippen molar-refractivity contribution in [2.45, 2.75) is 0 Å². The lowest BCUT2D eigenvalue weighted by molar-refractivity contribution is -0.0377. The van der Waals surface area contributed by atoms with Crippen molar-refractivity contribution in [1.82, 2.24) is 9.96 Å². The third-order valence-corrected chi connectivity index (χ3v) is 4.98. The van der Waals surface area contributed by atoms with E-state index >= 15 is 0 Å². The van der Waals surface area contributed by atoms with Crippen LogP contribution in [0.3, 0.4) is 0 Å². The van der Waals surface area contributed by atoms with Crippen LogP contribution in [0.15, 0.2) is 24.3 Å². The second-order valence-corrected chi connectivity index (χ2v) is 6.42. The van der Waals surface area contributed by atoms with E-state index in [1.54, 1.807) is 25.3 Å². The van der Waals surface area contributed by atoms with Crippen LogP contribution < -0.4 is 9.64 Å². The summed E-state index contributed by atoms with van der Waals surface area (Å²) in [4.78, 5) is 29.2. The number of piperazine rings is 1. The molecule has 0 atom stereocenters. The smallest absolute Gasteiger partial charge is 0.285 e. The van der Waals surface area contributed by atoms with Crippen LogP contribution >= 0.6 is 0 Å². The second kappa shape index (κ2) is 5.72. The van der Waals surface area contributed by atoms with Crippen LogP contribution in [0.2, 0.25) is 0 Å². The zero-order chi connectivity index (χ0) is 17.7. The molecule has 0 bridgehead atoms. The van der Waals surface area contributed by atoms with Gasteiger partial charge in [-0.3, -0.25) is 14.8 Å². The lowest BCUT2D eigenvalue weighted by Crippen LogP contribution is -2.45. The highest BCUT2D eigenvalue weighted by Crippen LogP contribution is 2.42. The number of methoxy groups -OCH3 is 1. The van der Waals surface area contributed by atoms with Crippen LogP contribution in [0, 0.1) is 0 Å². The minimum absolute atomic E-state index is 0.173. The molecule has 2 heterocycles. The van der Waals surface area contributed by atoms with E-state index in [1.807, 2.05) is 6.07 Å². The lowest BCUT2D eigenvalue weighted by atomic mass is 9.93. The first-order chi connectivity index (χ1) is 12.0. The largest absolute Gasteiger partial charge is 0.495 e. The Morgan fingerprint density at radius 3 is 2.40 bits per heavy atom. The van der Waals surface area contributed by atoms with E-state index in [0.717, 1.165) is 37.3 Å². The second-order valence-electron chi connectivity index (χ2n) is 6.42. The number of benzene rings is 2. The van der Waals surface area contributed by atoms with Gasteiger partial charge in [0.05, 0.1) is 23.9 Å². The normalized spacial score (nSPS) is 18.2. The summed E-state index contributed by atoms with van der Waals surface area (Å²) in [5.41, 5.74) is 1.50. The fourth-order valence-electron chi connectivity index (χ4n) is 3.62. The Bertz CT molecular complexity index is 888. The van der Waals surface area contributed by atoms with E-state index in [4.69, 9.17) is 4.74 Å². The molecule has 0 unspecified atom stereocenters. The molecule has 0 spiro atoms. The van der Waals surface area contributed by atoms with Crippen LogP contribution in [0.5, 0.6) is 5.75 Å². The van der Waals surface area contributed by atoms with Crippen molar-refractivity contribution < 1.29 is 19.5 Å². The number of amides is 2. The van der Waals surface area contributed by atoms with Gasteiger partial charge in [0.25, 0.3) is 11.8 Å². The number of hydrogen-bond donors (Lipinski definition) is 1. The number of anilines is 1. The molecule has 2 amide bonds. The predicted molar refractivity (Wildman–Crippen MR) is 92.5 cm³/mol. The summed E-state index contributed by atoms with van der Waals surface area (Å²) in [6.07, 6.45) is 0. The predicted octanol–water partition coefficient (Wildman–Crippen LogP) is 1.59. The molecule has 0 aromatic heterocycles. The molecule has 0 radical (unpaired) electrons. The third-order valence-electron chi connectivity index (χ3n) is 4.98. The van der Waals surface area contributed by atoms with Crippen LogP contribution in [0.25, 0.3) is 10.8 Å². The fraction of sp³-hybridized carbons (Fsp3) is 0.333. The maximum Gasteiger partial charge on any atom is 0.285 e. The third kappa shape index (κ3) is 2.27. The number of likely N-dealkylation sites (N-methyl/N-ethyl adjacent to an activating group) is 1. The average molecular weight is 341 g/mol. The van der Waals surface area contributed by atoms with Gasteiger partial charge in [-0.15, -0.1) is 5.06 Å². The molecule has 25 heavy (non-hydrogen) atoms. The van der Waals surface area contributed by atoms with E-state index in [1.165, 1.54) is 0 Å². The van der Waals surface area contributed by atoms with Crippen molar-refractivity contribution in [3.8, 4) is 5.75 Å². The first kappa shape index (κ1) is 15.9. The van der Waals surface area contributed by atoms with Gasteiger partial charge in [-0.05, 0) is 19.2 Å². The number of carbonyl (C=O) groups excluding carboxylic acids is 2. The van der Waals surface area contributed by atoms with E-state index < -0.39 is 11.8 Å². The maximum absolute atomic E-state index is 12.4. The molecule has 7 heteroatoms. The van der Waals surface area contributed by atoms with Crippen molar-refractivity contribution in [2.24, 2.45) is 0 Å². The Balaban J connectivity index is 2.00. The number of hydroxylamine groups is 2. The van der Waals surface area contributed by atoms with E-state index in [-0.39, 0.29) is 10.6 Å². The molecule has 1 fully saturated rings. The zero-order valence-corrected chi connectivity index (χ0v) is 14.2. The van der Waals surface area contributed by atoms with Gasteiger partial charge in [-0.2, -0.15) is 0 Å². The number of rotatable bonds is 2. The van der Waals surface area contributed by atoms with Gasteiger partial charge in [0.1, 0.15) is 5.75 Å². The SMILES string of the molecule is COc1cc2c3c(cccc3c1N1CCN(C)CC1)C(=O)N(O)C2=O. The number of ether oxygens (including phenoxy) is 1. The summed E-state index contributed by atoms with van der Waals surface area (Å²) < 4.78 is 5.56. The Morgan fingerprint density at radius 2 is 1.72 bits per heavy atom. The first-order valence-electron chi connectivity index (χ1n) is 8.17. The first-order valence-corrected chi connectivity index (χ1v) is 8.17. The number of carbonyl (C=O) groups is 2. The Hall–Kier alpha value is -2.64. The van der Waals surface area contributed by atoms with E-state index in [9.17, 15) is 14.8 Å². The molecular formula is C18H19N3O4. The summed E-state index contributed by atoms with van der Waals surface area (Å²) in [5, 5.41) is 11.4. The van der Waals surface area contributed by atoms with Gasteiger partial charge in [0.2, 0.25) is 0 Å². The molecule has 7 nitrogen and oxygen atoms in total. The molecule has 2 aromatic carbocycles. The van der Waals surface area contributed by atoms with Gasteiger partial charge in [0.15, 0.2) is 0 Å². The molecule has 1 saturated heterocycles. The van der Waals surface area contributed by atoms with Gasteiger partial charge in [-0.1, -0.05) is 12.1 Å². The molecule has 2 aromatic rings. The molecule has 130 valence electrons. The van der Waals surface area contributed by atoms with Crippen LogP contribution in [0.4, 0.5) is 5.69 Å². The number of nitrogens with zero attached hydrogens (tertiary/aromatic N) is 3. The van der Waals surface area contributed by atoms with Crippen molar-refractivity contribution in [2.75, 3.05) is 45.2 Å². The van der Waals surface area contributed by atoms with Crippen LogP contribution in [0.1, 0.15) is 20.7 Å². The summed E-state index contributed by atoms with van der Waals surface area (Å²) in [6.45, 7) is 3.52. The molecule has 4 rings (SSSR count). The minimum Gasteiger partial charge on any atom is -0.495 e. The van der Waals surface area contributed by atoms with Gasteiger partial charge < -0.3 is 14.5 Å². The van der Waals surface area contributed by atoms with Crippen molar-refractivity contribution in [3.05, 3.63) is 35.4 Å². The maximum atomic E-state index is 12.4. The van der Waals surface area contributed by atoms with Crippen molar-refractivity contribution >= 4 is 28.3 Å². The zero-order valence-electron chi connectivity index (χ0n) is 14.2. The molecular weight excluding hydrogens is 322 g/mol. The molecule has 2 aliphatic heterocycles. The topological polar surface area (TPSA) is 73.3 Å². The molecule has 2 aliphatic rings. The lowest BCUT2D eigenvalue weighted by Gasteiger charge is -2.36. The van der Waals surface area contributed by atoms with Gasteiger partial charge in [0, 0.05) is 37.0 Å². The highest BCUT2D eigenvalue weighted by molar-refractivity contribution is 6.26. The van der Waals surface area contributed by atoms with Crippen molar-refractivity contribution in [1.29, 1.82) is 0 Å². The summed E-state index contributed by atoms with van der Waals surface area (Å²) in [7, 11) is 3.64. The highest BCUT2D eigenvalue weighted by atomic mass is 16.5. The Morgan fingerprint density at radius 1 is 1.04 bits per heavy atom. The summed E-state index contributed by atoms with van der Waals surface area (Å²) in [6, 6.07) is 6.91. The van der Waals surface area contributed by atoms with Crippen LogP contribution in [-0.2, 0) is 0 Å². The van der Waals surface area contributed by atoms with Gasteiger partial charge >= 0.3 is 0 Å². The molecule has 0 saturated carbocycles. The molecule has 1 N–H and O–H groups in total.